The summed E-state index contributed by atoms with van der Waals surface area (Å²) < 4.78 is 16.7. The van der Waals surface area contributed by atoms with Gasteiger partial charge in [-0.2, -0.15) is 0 Å². The van der Waals surface area contributed by atoms with Crippen molar-refractivity contribution in [1.82, 2.24) is 15.6 Å². The third-order valence-electron chi connectivity index (χ3n) is 10.3. The van der Waals surface area contributed by atoms with Crippen molar-refractivity contribution in [1.29, 1.82) is 0 Å². The van der Waals surface area contributed by atoms with Gasteiger partial charge in [-0.3, -0.25) is 9.59 Å². The van der Waals surface area contributed by atoms with Gasteiger partial charge in [0.25, 0.3) is 11.8 Å². The number of alkyl carbamates (subject to hydrolysis) is 1. The summed E-state index contributed by atoms with van der Waals surface area (Å²) in [5.41, 5.74) is 4.31. The smallest absolute Gasteiger partial charge is 0.407 e. The number of pyridine rings is 1. The number of amides is 3. The van der Waals surface area contributed by atoms with Crippen molar-refractivity contribution in [3.05, 3.63) is 87.6 Å². The summed E-state index contributed by atoms with van der Waals surface area (Å²) in [6, 6.07) is 14.4. The monoisotopic (exact) mass is 736 g/mol. The van der Waals surface area contributed by atoms with Crippen molar-refractivity contribution in [3.8, 4) is 27.3 Å². The molecule has 0 atom stereocenters. The van der Waals surface area contributed by atoms with E-state index in [0.29, 0.717) is 41.5 Å². The lowest BCUT2D eigenvalue weighted by Gasteiger charge is -2.27. The number of anilines is 1. The fourth-order valence-electron chi connectivity index (χ4n) is 7.71. The van der Waals surface area contributed by atoms with Crippen LogP contribution >= 0.6 is 11.3 Å². The van der Waals surface area contributed by atoms with E-state index in [9.17, 15) is 19.2 Å². The Balaban J connectivity index is 1.24. The third kappa shape index (κ3) is 7.64. The molecular formula is C41H44N4O7S. The number of benzene rings is 2. The van der Waals surface area contributed by atoms with Crippen LogP contribution in [0.1, 0.15) is 101 Å². The Bertz CT molecular complexity index is 2110. The molecule has 3 aliphatic rings. The Morgan fingerprint density at radius 3 is 2.47 bits per heavy atom. The van der Waals surface area contributed by atoms with Gasteiger partial charge < -0.3 is 30.2 Å². The first-order chi connectivity index (χ1) is 25.3. The van der Waals surface area contributed by atoms with Crippen molar-refractivity contribution in [2.45, 2.75) is 83.9 Å². The minimum absolute atomic E-state index is 0.0779. The van der Waals surface area contributed by atoms with Crippen molar-refractivity contribution in [2.75, 3.05) is 19.0 Å². The quantitative estimate of drug-likeness (QED) is 0.155. The number of hydrogen-bond acceptors (Lipinski definition) is 9. The molecule has 12 heteroatoms. The minimum Gasteiger partial charge on any atom is -0.493 e. The number of hydrogen-bond donors (Lipinski definition) is 3. The molecule has 53 heavy (non-hydrogen) atoms. The zero-order valence-corrected chi connectivity index (χ0v) is 31.5. The zero-order chi connectivity index (χ0) is 37.5. The lowest BCUT2D eigenvalue weighted by molar-refractivity contribution is 0.0521. The van der Waals surface area contributed by atoms with E-state index in [1.54, 1.807) is 62.4 Å². The number of aryl methyl sites for hydroxylation is 1. The van der Waals surface area contributed by atoms with Crippen LogP contribution in [-0.2, 0) is 22.4 Å². The number of carbonyl (C=O) groups is 4. The van der Waals surface area contributed by atoms with Crippen molar-refractivity contribution in [3.63, 3.8) is 0 Å². The number of thiophene rings is 1. The van der Waals surface area contributed by atoms with Crippen LogP contribution in [0, 0.1) is 12.8 Å². The topological polar surface area (TPSA) is 145 Å². The van der Waals surface area contributed by atoms with Crippen molar-refractivity contribution < 1.29 is 33.4 Å². The first-order valence-electron chi connectivity index (χ1n) is 18.0. The highest BCUT2D eigenvalue weighted by Crippen LogP contribution is 2.48. The largest absolute Gasteiger partial charge is 0.493 e. The molecule has 7 rings (SSSR count). The molecular weight excluding hydrogens is 693 g/mol. The average molecular weight is 737 g/mol. The first kappa shape index (κ1) is 36.1. The minimum atomic E-state index is -0.733. The molecule has 2 fully saturated rings. The van der Waals surface area contributed by atoms with Gasteiger partial charge in [-0.05, 0) is 124 Å². The third-order valence-corrected chi connectivity index (χ3v) is 11.3. The molecule has 0 spiro atoms. The first-order valence-corrected chi connectivity index (χ1v) is 18.9. The standard InChI is InChI=1S/C41H44N4O7S/c1-23-18-25(22-42-39(49)52-40(2,3)4)6-8-31(23)44-36(46)29-19-30-33(51-16-12-26-13-17-53-35(26)30)20-28(29)27-7-9-32(43-34(27)38(48)50-5)37(47)45-41-14-10-24(21-41)11-15-41/h6-9,13,17-20,24H,10-12,14-16,21-22H2,1-5H3,(H,42,49)(H,44,46)(H,45,47). The molecule has 3 heterocycles. The van der Waals surface area contributed by atoms with Crippen LogP contribution in [0.25, 0.3) is 21.6 Å². The van der Waals surface area contributed by atoms with Gasteiger partial charge in [0.15, 0.2) is 5.69 Å². The maximum Gasteiger partial charge on any atom is 0.407 e. The van der Waals surface area contributed by atoms with Crippen LogP contribution in [0.3, 0.4) is 0 Å². The number of ether oxygens (including phenoxy) is 3. The number of esters is 1. The Hall–Kier alpha value is -5.23. The van der Waals surface area contributed by atoms with E-state index in [-0.39, 0.29) is 34.9 Å². The summed E-state index contributed by atoms with van der Waals surface area (Å²) in [5.74, 6) is -0.266. The van der Waals surface area contributed by atoms with E-state index in [2.05, 4.69) is 27.0 Å². The molecule has 1 aliphatic heterocycles. The highest BCUT2D eigenvalue weighted by Gasteiger charge is 2.46. The van der Waals surface area contributed by atoms with E-state index in [1.807, 2.05) is 24.4 Å². The SMILES string of the molecule is COC(=O)c1nc(C(=O)NC23CCC(CC2)C3)ccc1-c1cc2c(cc1C(=O)Nc1ccc(CNC(=O)OC(C)(C)C)cc1C)-c1sccc1CCO2. The lowest BCUT2D eigenvalue weighted by atomic mass is 9.92. The maximum atomic E-state index is 14.4. The maximum absolute atomic E-state index is 14.4. The summed E-state index contributed by atoms with van der Waals surface area (Å²) in [5, 5.41) is 11.1. The molecule has 2 aliphatic carbocycles. The van der Waals surface area contributed by atoms with E-state index in [1.165, 1.54) is 7.11 Å². The summed E-state index contributed by atoms with van der Waals surface area (Å²) in [7, 11) is 1.26. The van der Waals surface area contributed by atoms with Gasteiger partial charge in [-0.25, -0.2) is 14.6 Å². The van der Waals surface area contributed by atoms with Crippen LogP contribution in [-0.4, -0.2) is 53.7 Å². The number of aromatic nitrogens is 1. The molecule has 0 saturated heterocycles. The molecule has 3 N–H and O–H groups in total. The molecule has 3 amide bonds. The predicted octanol–water partition coefficient (Wildman–Crippen LogP) is 7.85. The summed E-state index contributed by atoms with van der Waals surface area (Å²) >= 11 is 1.57. The fraction of sp³-hybridized carbons (Fsp3) is 0.390. The molecule has 276 valence electrons. The molecule has 2 bridgehead atoms. The van der Waals surface area contributed by atoms with Crippen molar-refractivity contribution >= 4 is 40.9 Å². The van der Waals surface area contributed by atoms with Crippen LogP contribution < -0.4 is 20.7 Å². The van der Waals surface area contributed by atoms with Crippen LogP contribution in [0.5, 0.6) is 5.75 Å². The van der Waals surface area contributed by atoms with Gasteiger partial charge >= 0.3 is 12.1 Å². The molecule has 0 unspecified atom stereocenters. The second-order valence-electron chi connectivity index (χ2n) is 15.2. The molecule has 11 nitrogen and oxygen atoms in total. The Labute approximate surface area is 312 Å². The van der Waals surface area contributed by atoms with E-state index < -0.39 is 23.6 Å². The van der Waals surface area contributed by atoms with E-state index in [4.69, 9.17) is 14.2 Å². The highest BCUT2D eigenvalue weighted by molar-refractivity contribution is 7.13. The number of nitrogens with zero attached hydrogens (tertiary/aromatic N) is 1. The van der Waals surface area contributed by atoms with Crippen molar-refractivity contribution in [2.24, 2.45) is 5.92 Å². The number of fused-ring (bicyclic) bond motifs is 5. The Morgan fingerprint density at radius 1 is 0.981 bits per heavy atom. The van der Waals surface area contributed by atoms with Gasteiger partial charge in [0.2, 0.25) is 0 Å². The number of carbonyl (C=O) groups excluding carboxylic acids is 4. The van der Waals surface area contributed by atoms with Gasteiger partial charge in [-0.15, -0.1) is 11.3 Å². The van der Waals surface area contributed by atoms with Crippen LogP contribution in [0.2, 0.25) is 0 Å². The fourth-order valence-corrected chi connectivity index (χ4v) is 8.68. The molecule has 2 aromatic carbocycles. The summed E-state index contributed by atoms with van der Waals surface area (Å²) in [6.45, 7) is 7.97. The molecule has 4 aromatic rings. The molecule has 0 radical (unpaired) electrons. The number of methoxy groups -OCH3 is 1. The van der Waals surface area contributed by atoms with Crippen LogP contribution in [0.4, 0.5) is 10.5 Å². The average Bonchev–Trinajstić information content (AvgIpc) is 3.84. The second-order valence-corrected chi connectivity index (χ2v) is 16.1. The van der Waals surface area contributed by atoms with Gasteiger partial charge in [0.1, 0.15) is 17.0 Å². The molecule has 2 aromatic heterocycles. The number of rotatable bonds is 8. The summed E-state index contributed by atoms with van der Waals surface area (Å²) in [4.78, 5) is 59.1. The van der Waals surface area contributed by atoms with Crippen LogP contribution in [0.15, 0.2) is 53.9 Å². The van der Waals surface area contributed by atoms with Gasteiger partial charge in [0.05, 0.1) is 13.7 Å². The highest BCUT2D eigenvalue weighted by atomic mass is 32.1. The lowest BCUT2D eigenvalue weighted by Crippen LogP contribution is -2.45. The molecule has 2 saturated carbocycles. The zero-order valence-electron chi connectivity index (χ0n) is 30.6. The van der Waals surface area contributed by atoms with E-state index >= 15 is 0 Å². The summed E-state index contributed by atoms with van der Waals surface area (Å²) in [6.07, 6.45) is 5.24. The van der Waals surface area contributed by atoms with Gasteiger partial charge in [-0.1, -0.05) is 12.1 Å². The second kappa shape index (κ2) is 14.3. The Morgan fingerprint density at radius 2 is 1.77 bits per heavy atom. The normalized spacial score (nSPS) is 18.5. The predicted molar refractivity (Wildman–Crippen MR) is 203 cm³/mol. The number of nitrogens with one attached hydrogen (secondary N) is 3. The van der Waals surface area contributed by atoms with Gasteiger partial charge in [0, 0.05) is 51.3 Å². The Kier molecular flexibility index (Phi) is 9.75. The van der Waals surface area contributed by atoms with E-state index in [0.717, 1.165) is 59.2 Å².